The van der Waals surface area contributed by atoms with Gasteiger partial charge in [-0.1, -0.05) is 0 Å². The summed E-state index contributed by atoms with van der Waals surface area (Å²) in [6.45, 7) is 7.01. The number of carbonyl (C=O) groups is 2. The molecule has 1 aliphatic rings. The Morgan fingerprint density at radius 1 is 1.23 bits per heavy atom. The quantitative estimate of drug-likeness (QED) is 0.611. The van der Waals surface area contributed by atoms with E-state index in [9.17, 15) is 9.59 Å². The highest BCUT2D eigenvalue weighted by atomic mass is 16.6. The van der Waals surface area contributed by atoms with Gasteiger partial charge in [-0.2, -0.15) is 0 Å². The maximum Gasteiger partial charge on any atom is 0.310 e. The van der Waals surface area contributed by atoms with Crippen molar-refractivity contribution in [2.24, 2.45) is 11.8 Å². The van der Waals surface area contributed by atoms with E-state index in [-0.39, 0.29) is 23.6 Å². The van der Waals surface area contributed by atoms with Crippen molar-refractivity contribution in [3.8, 4) is 0 Å². The van der Waals surface area contributed by atoms with Crippen LogP contribution in [0, 0.1) is 11.8 Å². The third-order valence-electron chi connectivity index (χ3n) is 2.02. The summed E-state index contributed by atoms with van der Waals surface area (Å²) < 4.78 is 5.15. The molecule has 0 spiro atoms. The highest BCUT2D eigenvalue weighted by Gasteiger charge is 2.48. The zero-order valence-electron chi connectivity index (χ0n) is 8.59. The van der Waals surface area contributed by atoms with Crippen LogP contribution in [0.15, 0.2) is 0 Å². The van der Waals surface area contributed by atoms with Gasteiger partial charge in [0, 0.05) is 5.92 Å². The molecule has 1 rings (SSSR count). The van der Waals surface area contributed by atoms with Crippen molar-refractivity contribution >= 4 is 11.8 Å². The summed E-state index contributed by atoms with van der Waals surface area (Å²) in [5.74, 6) is -0.380. The fraction of sp³-hybridized carbons (Fsp3) is 0.800. The second kappa shape index (κ2) is 3.13. The summed E-state index contributed by atoms with van der Waals surface area (Å²) in [6, 6.07) is 0. The number of Topliss-reactive ketones (excluding diaryl/α,β-unsaturated/α-hetero) is 1. The Balaban J connectivity index is 2.40. The Morgan fingerprint density at radius 3 is 2.08 bits per heavy atom. The van der Waals surface area contributed by atoms with Crippen LogP contribution < -0.4 is 0 Å². The molecule has 0 aromatic heterocycles. The van der Waals surface area contributed by atoms with E-state index < -0.39 is 5.60 Å². The lowest BCUT2D eigenvalue weighted by Crippen LogP contribution is -2.25. The summed E-state index contributed by atoms with van der Waals surface area (Å²) >= 11 is 0. The number of hydrogen-bond acceptors (Lipinski definition) is 3. The average Bonchev–Trinajstić information content (AvgIpc) is 2.58. The van der Waals surface area contributed by atoms with E-state index in [0.29, 0.717) is 6.42 Å². The van der Waals surface area contributed by atoms with E-state index >= 15 is 0 Å². The van der Waals surface area contributed by atoms with Gasteiger partial charge >= 0.3 is 5.97 Å². The number of carbonyl (C=O) groups excluding carboxylic acids is 2. The van der Waals surface area contributed by atoms with Gasteiger partial charge in [0.05, 0.1) is 5.92 Å². The minimum Gasteiger partial charge on any atom is -0.460 e. The van der Waals surface area contributed by atoms with Gasteiger partial charge < -0.3 is 4.74 Å². The summed E-state index contributed by atoms with van der Waals surface area (Å²) in [7, 11) is 0. The van der Waals surface area contributed by atoms with Crippen LogP contribution in [0.2, 0.25) is 0 Å². The zero-order chi connectivity index (χ0) is 10.2. The van der Waals surface area contributed by atoms with Crippen LogP contribution in [-0.4, -0.2) is 17.4 Å². The Kier molecular flexibility index (Phi) is 2.46. The fourth-order valence-electron chi connectivity index (χ4n) is 1.28. The van der Waals surface area contributed by atoms with Crippen molar-refractivity contribution in [3.05, 3.63) is 0 Å². The lowest BCUT2D eigenvalue weighted by atomic mass is 10.2. The molecular weight excluding hydrogens is 168 g/mol. The SMILES string of the molecule is CC(=O)C1CC1C(=O)OC(C)(C)C. The molecule has 1 aliphatic carbocycles. The molecule has 13 heavy (non-hydrogen) atoms. The molecule has 0 bridgehead atoms. The van der Waals surface area contributed by atoms with Crippen molar-refractivity contribution in [1.29, 1.82) is 0 Å². The normalized spacial score (nSPS) is 26.8. The van der Waals surface area contributed by atoms with Crippen molar-refractivity contribution in [3.63, 3.8) is 0 Å². The third-order valence-corrected chi connectivity index (χ3v) is 2.02. The van der Waals surface area contributed by atoms with E-state index in [0.717, 1.165) is 0 Å². The summed E-state index contributed by atoms with van der Waals surface area (Å²) in [5.41, 5.74) is -0.443. The largest absolute Gasteiger partial charge is 0.460 e. The molecule has 0 aliphatic heterocycles. The lowest BCUT2D eigenvalue weighted by Gasteiger charge is -2.19. The number of esters is 1. The van der Waals surface area contributed by atoms with Gasteiger partial charge in [0.1, 0.15) is 11.4 Å². The predicted molar refractivity (Wildman–Crippen MR) is 48.1 cm³/mol. The molecule has 3 nitrogen and oxygen atoms in total. The van der Waals surface area contributed by atoms with Crippen LogP contribution in [0.4, 0.5) is 0 Å². The highest BCUT2D eigenvalue weighted by molar-refractivity contribution is 5.90. The molecule has 2 unspecified atom stereocenters. The summed E-state index contributed by atoms with van der Waals surface area (Å²) in [6.07, 6.45) is 0.671. The zero-order valence-corrected chi connectivity index (χ0v) is 8.59. The van der Waals surface area contributed by atoms with Gasteiger partial charge in [0.15, 0.2) is 0 Å². The lowest BCUT2D eigenvalue weighted by molar-refractivity contribution is -0.157. The molecular formula is C10H16O3. The Hall–Kier alpha value is -0.860. The summed E-state index contributed by atoms with van der Waals surface area (Å²) in [5, 5.41) is 0. The molecule has 0 N–H and O–H groups in total. The predicted octanol–water partition coefficient (Wildman–Crippen LogP) is 1.55. The number of rotatable bonds is 2. The van der Waals surface area contributed by atoms with Crippen LogP contribution in [0.1, 0.15) is 34.1 Å². The van der Waals surface area contributed by atoms with Crippen molar-refractivity contribution in [2.75, 3.05) is 0 Å². The molecule has 0 radical (unpaired) electrons. The first-order chi connectivity index (χ1) is 5.81. The van der Waals surface area contributed by atoms with Gasteiger partial charge in [-0.05, 0) is 34.1 Å². The third kappa shape index (κ3) is 2.83. The van der Waals surface area contributed by atoms with Gasteiger partial charge in [-0.15, -0.1) is 0 Å². The number of ether oxygens (including phenoxy) is 1. The van der Waals surface area contributed by atoms with Gasteiger partial charge in [-0.25, -0.2) is 0 Å². The second-order valence-corrected chi connectivity index (χ2v) is 4.59. The van der Waals surface area contributed by atoms with Crippen molar-refractivity contribution < 1.29 is 14.3 Å². The monoisotopic (exact) mass is 184 g/mol. The topological polar surface area (TPSA) is 43.4 Å². The van der Waals surface area contributed by atoms with E-state index in [1.54, 1.807) is 0 Å². The van der Waals surface area contributed by atoms with Crippen molar-refractivity contribution in [2.45, 2.75) is 39.7 Å². The van der Waals surface area contributed by atoms with Crippen LogP contribution in [0.25, 0.3) is 0 Å². The summed E-state index contributed by atoms with van der Waals surface area (Å²) in [4.78, 5) is 22.2. The molecule has 74 valence electrons. The number of hydrogen-bond donors (Lipinski definition) is 0. The highest BCUT2D eigenvalue weighted by Crippen LogP contribution is 2.40. The van der Waals surface area contributed by atoms with Crippen LogP contribution in [-0.2, 0) is 14.3 Å². The maximum absolute atomic E-state index is 11.4. The molecule has 0 amide bonds. The first kappa shape index (κ1) is 10.2. The molecule has 1 fully saturated rings. The molecule has 2 atom stereocenters. The molecule has 3 heteroatoms. The minimum atomic E-state index is -0.443. The van der Waals surface area contributed by atoms with E-state index in [4.69, 9.17) is 4.74 Å². The van der Waals surface area contributed by atoms with Crippen molar-refractivity contribution in [1.82, 2.24) is 0 Å². The first-order valence-electron chi connectivity index (χ1n) is 4.54. The Bertz CT molecular complexity index is 237. The molecule has 0 saturated heterocycles. The molecule has 0 aromatic rings. The number of ketones is 1. The fourth-order valence-corrected chi connectivity index (χ4v) is 1.28. The molecule has 1 saturated carbocycles. The van der Waals surface area contributed by atoms with E-state index in [2.05, 4.69) is 0 Å². The van der Waals surface area contributed by atoms with Gasteiger partial charge in [-0.3, -0.25) is 9.59 Å². The van der Waals surface area contributed by atoms with E-state index in [1.807, 2.05) is 20.8 Å². The standard InChI is InChI=1S/C10H16O3/c1-6(11)7-5-8(7)9(12)13-10(2,3)4/h7-8H,5H2,1-4H3. The average molecular weight is 184 g/mol. The van der Waals surface area contributed by atoms with Crippen LogP contribution >= 0.6 is 0 Å². The Morgan fingerprint density at radius 2 is 1.77 bits per heavy atom. The minimum absolute atomic E-state index is 0.0742. The Labute approximate surface area is 78.5 Å². The smallest absolute Gasteiger partial charge is 0.310 e. The molecule has 0 heterocycles. The molecule has 0 aromatic carbocycles. The first-order valence-corrected chi connectivity index (χ1v) is 4.54. The van der Waals surface area contributed by atoms with Crippen LogP contribution in [0.5, 0.6) is 0 Å². The van der Waals surface area contributed by atoms with Gasteiger partial charge in [0.25, 0.3) is 0 Å². The van der Waals surface area contributed by atoms with Gasteiger partial charge in [0.2, 0.25) is 0 Å². The van der Waals surface area contributed by atoms with E-state index in [1.165, 1.54) is 6.92 Å². The maximum atomic E-state index is 11.4. The second-order valence-electron chi connectivity index (χ2n) is 4.59. The van der Waals surface area contributed by atoms with Crippen LogP contribution in [0.3, 0.4) is 0 Å².